The molecule has 24 heavy (non-hydrogen) atoms. The number of hydrogen-bond donors (Lipinski definition) is 0. The normalized spacial score (nSPS) is 15.8. The summed E-state index contributed by atoms with van der Waals surface area (Å²) in [5, 5.41) is 16.3. The van der Waals surface area contributed by atoms with Gasteiger partial charge >= 0.3 is 0 Å². The van der Waals surface area contributed by atoms with Crippen molar-refractivity contribution in [3.8, 4) is 5.69 Å². The van der Waals surface area contributed by atoms with Gasteiger partial charge in [-0.1, -0.05) is 28.5 Å². The van der Waals surface area contributed by atoms with Crippen molar-refractivity contribution < 1.29 is 4.52 Å². The van der Waals surface area contributed by atoms with E-state index in [-0.39, 0.29) is 0 Å². The third kappa shape index (κ3) is 3.00. The lowest BCUT2D eigenvalue weighted by Gasteiger charge is -2.34. The van der Waals surface area contributed by atoms with Crippen molar-refractivity contribution >= 4 is 5.95 Å². The molecule has 0 amide bonds. The maximum absolute atomic E-state index is 5.13. The highest BCUT2D eigenvalue weighted by molar-refractivity contribution is 5.40. The minimum Gasteiger partial charge on any atom is -0.361 e. The van der Waals surface area contributed by atoms with Gasteiger partial charge < -0.3 is 9.42 Å². The SMILES string of the molecule is Cc1cc(CN2CCN(c3nnnn3-c3ccccc3)CC2)no1. The van der Waals surface area contributed by atoms with E-state index in [9.17, 15) is 0 Å². The van der Waals surface area contributed by atoms with Crippen LogP contribution in [0.3, 0.4) is 0 Å². The standard InChI is InChI=1S/C16H19N7O/c1-13-11-14(18-24-13)12-21-7-9-22(10-8-21)16-17-19-20-23(16)15-5-3-2-4-6-15/h2-6,11H,7-10,12H2,1H3. The van der Waals surface area contributed by atoms with Crippen LogP contribution in [0.25, 0.3) is 5.69 Å². The molecule has 0 atom stereocenters. The van der Waals surface area contributed by atoms with Crippen LogP contribution in [0, 0.1) is 6.92 Å². The lowest BCUT2D eigenvalue weighted by atomic mass is 10.3. The molecule has 1 aliphatic heterocycles. The minimum atomic E-state index is 0.790. The van der Waals surface area contributed by atoms with Crippen LogP contribution < -0.4 is 4.90 Å². The Labute approximate surface area is 139 Å². The molecule has 1 saturated heterocycles. The van der Waals surface area contributed by atoms with Gasteiger partial charge in [-0.25, -0.2) is 0 Å². The first kappa shape index (κ1) is 14.8. The number of nitrogens with zero attached hydrogens (tertiary/aromatic N) is 7. The Morgan fingerprint density at radius 1 is 1.08 bits per heavy atom. The lowest BCUT2D eigenvalue weighted by molar-refractivity contribution is 0.240. The third-order valence-electron chi connectivity index (χ3n) is 4.17. The molecule has 2 aromatic heterocycles. The monoisotopic (exact) mass is 325 g/mol. The number of rotatable bonds is 4. The fourth-order valence-electron chi connectivity index (χ4n) is 2.94. The van der Waals surface area contributed by atoms with Crippen molar-refractivity contribution in [1.29, 1.82) is 0 Å². The van der Waals surface area contributed by atoms with Crippen molar-refractivity contribution in [1.82, 2.24) is 30.3 Å². The second-order valence-corrected chi connectivity index (χ2v) is 5.92. The zero-order chi connectivity index (χ0) is 16.4. The predicted molar refractivity (Wildman–Crippen MR) is 87.9 cm³/mol. The van der Waals surface area contributed by atoms with Crippen LogP contribution in [0.2, 0.25) is 0 Å². The van der Waals surface area contributed by atoms with E-state index in [1.165, 1.54) is 0 Å². The lowest BCUT2D eigenvalue weighted by Crippen LogP contribution is -2.46. The largest absolute Gasteiger partial charge is 0.361 e. The number of para-hydroxylation sites is 1. The predicted octanol–water partition coefficient (Wildman–Crippen LogP) is 1.28. The van der Waals surface area contributed by atoms with Crippen LogP contribution in [0.1, 0.15) is 11.5 Å². The summed E-state index contributed by atoms with van der Waals surface area (Å²) in [4.78, 5) is 4.59. The van der Waals surface area contributed by atoms with Crippen LogP contribution in [-0.4, -0.2) is 56.4 Å². The van der Waals surface area contributed by atoms with E-state index >= 15 is 0 Å². The van der Waals surface area contributed by atoms with E-state index in [1.807, 2.05) is 43.3 Å². The molecule has 0 bridgehead atoms. The second kappa shape index (κ2) is 6.40. The molecule has 0 radical (unpaired) electrons. The van der Waals surface area contributed by atoms with Gasteiger partial charge in [-0.15, -0.1) is 0 Å². The van der Waals surface area contributed by atoms with Crippen LogP contribution in [0.4, 0.5) is 5.95 Å². The van der Waals surface area contributed by atoms with Gasteiger partial charge in [-0.05, 0) is 29.5 Å². The fraction of sp³-hybridized carbons (Fsp3) is 0.375. The van der Waals surface area contributed by atoms with Crippen LogP contribution in [-0.2, 0) is 6.54 Å². The van der Waals surface area contributed by atoms with Crippen molar-refractivity contribution in [2.75, 3.05) is 31.1 Å². The minimum absolute atomic E-state index is 0.790. The number of anilines is 1. The Bertz CT molecular complexity index is 790. The van der Waals surface area contributed by atoms with Crippen LogP contribution in [0.5, 0.6) is 0 Å². The first-order chi connectivity index (χ1) is 11.8. The van der Waals surface area contributed by atoms with Gasteiger partial charge in [-0.2, -0.15) is 4.68 Å². The summed E-state index contributed by atoms with van der Waals surface area (Å²) >= 11 is 0. The molecule has 1 fully saturated rings. The topological polar surface area (TPSA) is 76.1 Å². The summed E-state index contributed by atoms with van der Waals surface area (Å²) in [5.74, 6) is 1.64. The molecule has 0 saturated carbocycles. The smallest absolute Gasteiger partial charge is 0.250 e. The third-order valence-corrected chi connectivity index (χ3v) is 4.17. The average Bonchev–Trinajstić information content (AvgIpc) is 3.26. The Balaban J connectivity index is 1.42. The van der Waals surface area contributed by atoms with Crippen molar-refractivity contribution in [2.24, 2.45) is 0 Å². The first-order valence-corrected chi connectivity index (χ1v) is 8.03. The van der Waals surface area contributed by atoms with Gasteiger partial charge in [0.15, 0.2) is 0 Å². The maximum atomic E-state index is 5.13. The van der Waals surface area contributed by atoms with Gasteiger partial charge in [0.05, 0.1) is 11.4 Å². The summed E-state index contributed by atoms with van der Waals surface area (Å²) in [6.45, 7) is 6.36. The van der Waals surface area contributed by atoms with Gasteiger partial charge in [0.25, 0.3) is 0 Å². The van der Waals surface area contributed by atoms with Gasteiger partial charge in [0.1, 0.15) is 5.76 Å². The van der Waals surface area contributed by atoms with Gasteiger partial charge in [0.2, 0.25) is 5.95 Å². The molecular formula is C16H19N7O. The van der Waals surface area contributed by atoms with Crippen molar-refractivity contribution in [2.45, 2.75) is 13.5 Å². The zero-order valence-electron chi connectivity index (χ0n) is 13.5. The highest BCUT2D eigenvalue weighted by Crippen LogP contribution is 2.17. The molecule has 0 N–H and O–H groups in total. The van der Waals surface area contributed by atoms with E-state index in [0.717, 1.165) is 55.8 Å². The molecule has 8 heteroatoms. The Morgan fingerprint density at radius 3 is 2.58 bits per heavy atom. The van der Waals surface area contributed by atoms with Gasteiger partial charge in [-0.3, -0.25) is 4.90 Å². The molecule has 8 nitrogen and oxygen atoms in total. The molecule has 3 heterocycles. The van der Waals surface area contributed by atoms with Crippen molar-refractivity contribution in [3.63, 3.8) is 0 Å². The number of tetrazole rings is 1. The average molecular weight is 325 g/mol. The number of aryl methyl sites for hydroxylation is 1. The highest BCUT2D eigenvalue weighted by atomic mass is 16.5. The quantitative estimate of drug-likeness (QED) is 0.715. The Kier molecular flexibility index (Phi) is 3.96. The Hall–Kier alpha value is -2.74. The van der Waals surface area contributed by atoms with E-state index < -0.39 is 0 Å². The maximum Gasteiger partial charge on any atom is 0.250 e. The molecule has 1 aliphatic rings. The van der Waals surface area contributed by atoms with E-state index in [1.54, 1.807) is 4.68 Å². The van der Waals surface area contributed by atoms with E-state index in [0.29, 0.717) is 0 Å². The van der Waals surface area contributed by atoms with Gasteiger partial charge in [0, 0.05) is 38.8 Å². The first-order valence-electron chi connectivity index (χ1n) is 8.03. The Morgan fingerprint density at radius 2 is 1.88 bits per heavy atom. The van der Waals surface area contributed by atoms with Crippen LogP contribution in [0.15, 0.2) is 40.9 Å². The van der Waals surface area contributed by atoms with Crippen molar-refractivity contribution in [3.05, 3.63) is 47.9 Å². The summed E-state index contributed by atoms with van der Waals surface area (Å²) in [5.41, 5.74) is 1.95. The molecule has 3 aromatic rings. The molecule has 124 valence electrons. The number of benzene rings is 1. The summed E-state index contributed by atoms with van der Waals surface area (Å²) in [7, 11) is 0. The van der Waals surface area contributed by atoms with E-state index in [2.05, 4.69) is 30.5 Å². The van der Waals surface area contributed by atoms with Crippen LogP contribution >= 0.6 is 0 Å². The number of aromatic nitrogens is 5. The molecule has 0 aliphatic carbocycles. The molecule has 1 aromatic carbocycles. The molecule has 0 unspecified atom stereocenters. The summed E-state index contributed by atoms with van der Waals surface area (Å²) in [6, 6.07) is 11.9. The second-order valence-electron chi connectivity index (χ2n) is 5.92. The molecule has 4 rings (SSSR count). The summed E-state index contributed by atoms with van der Waals surface area (Å²) in [6.07, 6.45) is 0. The number of hydrogen-bond acceptors (Lipinski definition) is 7. The zero-order valence-corrected chi connectivity index (χ0v) is 13.5. The summed E-state index contributed by atoms with van der Waals surface area (Å²) < 4.78 is 6.92. The fourth-order valence-corrected chi connectivity index (χ4v) is 2.94. The molecular weight excluding hydrogens is 306 g/mol. The highest BCUT2D eigenvalue weighted by Gasteiger charge is 2.22. The molecule has 0 spiro atoms. The number of piperazine rings is 1. The van der Waals surface area contributed by atoms with E-state index in [4.69, 9.17) is 4.52 Å².